The number of hydrogen-bond donors (Lipinski definition) is 2. The molecule has 0 atom stereocenters. The van der Waals surface area contributed by atoms with Gasteiger partial charge < -0.3 is 10.1 Å². The molecular weight excluding hydrogens is 292 g/mol. The van der Waals surface area contributed by atoms with E-state index in [1.54, 1.807) is 43.1 Å². The van der Waals surface area contributed by atoms with E-state index in [2.05, 4.69) is 15.7 Å². The molecule has 0 spiro atoms. The van der Waals surface area contributed by atoms with Gasteiger partial charge in [-0.2, -0.15) is 5.10 Å². The van der Waals surface area contributed by atoms with Crippen molar-refractivity contribution in [2.75, 3.05) is 12.4 Å². The quantitative estimate of drug-likeness (QED) is 0.912. The Morgan fingerprint density at radius 2 is 2.19 bits per heavy atom. The second-order valence-electron chi connectivity index (χ2n) is 4.56. The molecule has 112 valence electrons. The summed E-state index contributed by atoms with van der Waals surface area (Å²) >= 11 is 5.95. The normalized spacial score (nSPS) is 10.3. The molecule has 2 N–H and O–H groups in total. The Kier molecular flexibility index (Phi) is 4.70. The van der Waals surface area contributed by atoms with Crippen molar-refractivity contribution < 1.29 is 9.53 Å². The number of anilines is 1. The number of aromatic nitrogens is 2. The molecule has 2 aromatic rings. The van der Waals surface area contributed by atoms with Gasteiger partial charge in [-0.15, -0.1) is 0 Å². The third-order valence-corrected chi connectivity index (χ3v) is 3.16. The second-order valence-corrected chi connectivity index (χ2v) is 4.99. The van der Waals surface area contributed by atoms with Crippen molar-refractivity contribution in [3.05, 3.63) is 40.5 Å². The predicted molar refractivity (Wildman–Crippen MR) is 81.8 cm³/mol. The Hall–Kier alpha value is -2.21. The molecule has 6 nitrogen and oxygen atoms in total. The molecule has 0 aliphatic heterocycles. The minimum atomic E-state index is -0.319. The first-order chi connectivity index (χ1) is 9.99. The third kappa shape index (κ3) is 3.88. The van der Waals surface area contributed by atoms with Crippen LogP contribution in [0.5, 0.6) is 5.75 Å². The summed E-state index contributed by atoms with van der Waals surface area (Å²) in [5.74, 6) is 1.30. The molecule has 0 bridgehead atoms. The van der Waals surface area contributed by atoms with Gasteiger partial charge in [0.2, 0.25) is 0 Å². The van der Waals surface area contributed by atoms with Gasteiger partial charge in [0.25, 0.3) is 0 Å². The molecule has 1 aromatic carbocycles. The summed E-state index contributed by atoms with van der Waals surface area (Å²) in [4.78, 5) is 11.9. The lowest BCUT2D eigenvalue weighted by atomic mass is 10.2. The molecular formula is C14H17ClN4O2. The van der Waals surface area contributed by atoms with E-state index >= 15 is 0 Å². The minimum absolute atomic E-state index is 0.312. The van der Waals surface area contributed by atoms with E-state index in [1.165, 1.54) is 0 Å². The van der Waals surface area contributed by atoms with Gasteiger partial charge in [0, 0.05) is 30.2 Å². The van der Waals surface area contributed by atoms with Crippen LogP contribution in [0.4, 0.5) is 10.6 Å². The summed E-state index contributed by atoms with van der Waals surface area (Å²) < 4.78 is 6.83. The summed E-state index contributed by atoms with van der Waals surface area (Å²) in [5.41, 5.74) is 1.64. The standard InChI is InChI=1S/C14H17ClN4O2/c1-9-6-13(19(2)18-9)17-14(20)16-8-10-7-11(15)4-5-12(10)21-3/h4-7H,8H2,1-3H3,(H2,16,17,20). The summed E-state index contributed by atoms with van der Waals surface area (Å²) in [6.45, 7) is 2.17. The lowest BCUT2D eigenvalue weighted by molar-refractivity contribution is 0.251. The number of carbonyl (C=O) groups is 1. The van der Waals surface area contributed by atoms with Gasteiger partial charge in [0.05, 0.1) is 12.8 Å². The molecule has 2 amide bonds. The zero-order valence-corrected chi connectivity index (χ0v) is 12.9. The number of halogens is 1. The van der Waals surface area contributed by atoms with E-state index in [9.17, 15) is 4.79 Å². The zero-order valence-electron chi connectivity index (χ0n) is 12.1. The first-order valence-corrected chi connectivity index (χ1v) is 6.75. The Morgan fingerprint density at radius 3 is 2.81 bits per heavy atom. The third-order valence-electron chi connectivity index (χ3n) is 2.93. The molecule has 0 saturated carbocycles. The van der Waals surface area contributed by atoms with Crippen LogP contribution in [0, 0.1) is 6.92 Å². The van der Waals surface area contributed by atoms with E-state index in [0.29, 0.717) is 23.1 Å². The fourth-order valence-electron chi connectivity index (χ4n) is 1.95. The van der Waals surface area contributed by atoms with Gasteiger partial charge in [-0.3, -0.25) is 10.00 Å². The number of rotatable bonds is 4. The molecule has 1 heterocycles. The van der Waals surface area contributed by atoms with Crippen LogP contribution in [0.15, 0.2) is 24.3 Å². The number of benzene rings is 1. The van der Waals surface area contributed by atoms with Crippen LogP contribution < -0.4 is 15.4 Å². The predicted octanol–water partition coefficient (Wildman–Crippen LogP) is 2.71. The van der Waals surface area contributed by atoms with Crippen LogP contribution in [0.3, 0.4) is 0 Å². The lowest BCUT2D eigenvalue weighted by Gasteiger charge is -2.11. The minimum Gasteiger partial charge on any atom is -0.496 e. The topological polar surface area (TPSA) is 68.2 Å². The first-order valence-electron chi connectivity index (χ1n) is 6.37. The Bertz CT molecular complexity index is 654. The molecule has 21 heavy (non-hydrogen) atoms. The summed E-state index contributed by atoms with van der Waals surface area (Å²) in [5, 5.41) is 10.2. The number of hydrogen-bond acceptors (Lipinski definition) is 3. The number of urea groups is 1. The second kappa shape index (κ2) is 6.49. The SMILES string of the molecule is COc1ccc(Cl)cc1CNC(=O)Nc1cc(C)nn1C. The van der Waals surface area contributed by atoms with Gasteiger partial charge >= 0.3 is 6.03 Å². The number of nitrogens with one attached hydrogen (secondary N) is 2. The van der Waals surface area contributed by atoms with Gasteiger partial charge in [-0.05, 0) is 25.1 Å². The molecule has 2 rings (SSSR count). The van der Waals surface area contributed by atoms with Crippen molar-refractivity contribution in [2.24, 2.45) is 7.05 Å². The van der Waals surface area contributed by atoms with E-state index in [4.69, 9.17) is 16.3 Å². The Morgan fingerprint density at radius 1 is 1.43 bits per heavy atom. The van der Waals surface area contributed by atoms with Crippen LogP contribution in [-0.2, 0) is 13.6 Å². The van der Waals surface area contributed by atoms with E-state index in [-0.39, 0.29) is 6.03 Å². The van der Waals surface area contributed by atoms with Gasteiger partial charge in [-0.25, -0.2) is 4.79 Å². The number of carbonyl (C=O) groups excluding carboxylic acids is 1. The maximum absolute atomic E-state index is 11.9. The van der Waals surface area contributed by atoms with Crippen molar-refractivity contribution >= 4 is 23.4 Å². The van der Waals surface area contributed by atoms with Crippen molar-refractivity contribution in [2.45, 2.75) is 13.5 Å². The Labute approximate surface area is 128 Å². The fourth-order valence-corrected chi connectivity index (χ4v) is 2.14. The number of nitrogens with zero attached hydrogens (tertiary/aromatic N) is 2. The number of aryl methyl sites for hydroxylation is 2. The van der Waals surface area contributed by atoms with E-state index in [1.807, 2.05) is 6.92 Å². The van der Waals surface area contributed by atoms with Crippen LogP contribution in [-0.4, -0.2) is 22.9 Å². The largest absolute Gasteiger partial charge is 0.496 e. The van der Waals surface area contributed by atoms with Crippen LogP contribution >= 0.6 is 11.6 Å². The Balaban J connectivity index is 1.98. The number of ether oxygens (including phenoxy) is 1. The molecule has 0 fully saturated rings. The summed E-state index contributed by atoms with van der Waals surface area (Å²) in [7, 11) is 3.34. The summed E-state index contributed by atoms with van der Waals surface area (Å²) in [6, 6.07) is 6.73. The van der Waals surface area contributed by atoms with Crippen LogP contribution in [0.2, 0.25) is 5.02 Å². The van der Waals surface area contributed by atoms with Gasteiger partial charge in [-0.1, -0.05) is 11.6 Å². The maximum Gasteiger partial charge on any atom is 0.320 e. The van der Waals surface area contributed by atoms with E-state index < -0.39 is 0 Å². The van der Waals surface area contributed by atoms with Crippen LogP contribution in [0.1, 0.15) is 11.3 Å². The highest BCUT2D eigenvalue weighted by Crippen LogP contribution is 2.22. The van der Waals surface area contributed by atoms with Gasteiger partial charge in [0.1, 0.15) is 11.6 Å². The van der Waals surface area contributed by atoms with Gasteiger partial charge in [0.15, 0.2) is 0 Å². The highest BCUT2D eigenvalue weighted by Gasteiger charge is 2.09. The molecule has 0 aliphatic rings. The summed E-state index contributed by atoms with van der Waals surface area (Å²) in [6.07, 6.45) is 0. The highest BCUT2D eigenvalue weighted by molar-refractivity contribution is 6.30. The molecule has 0 unspecified atom stereocenters. The number of amides is 2. The smallest absolute Gasteiger partial charge is 0.320 e. The van der Waals surface area contributed by atoms with Crippen molar-refractivity contribution in [3.63, 3.8) is 0 Å². The highest BCUT2D eigenvalue weighted by atomic mass is 35.5. The molecule has 7 heteroatoms. The van der Waals surface area contributed by atoms with Crippen LogP contribution in [0.25, 0.3) is 0 Å². The average molecular weight is 309 g/mol. The first kappa shape index (κ1) is 15.2. The molecule has 0 radical (unpaired) electrons. The van der Waals surface area contributed by atoms with Crippen molar-refractivity contribution in [1.82, 2.24) is 15.1 Å². The van der Waals surface area contributed by atoms with E-state index in [0.717, 1.165) is 11.3 Å². The average Bonchev–Trinajstić information content (AvgIpc) is 2.74. The molecule has 0 saturated heterocycles. The monoisotopic (exact) mass is 308 g/mol. The fraction of sp³-hybridized carbons (Fsp3) is 0.286. The molecule has 0 aliphatic carbocycles. The number of methoxy groups -OCH3 is 1. The lowest BCUT2D eigenvalue weighted by Crippen LogP contribution is -2.29. The molecule has 1 aromatic heterocycles. The zero-order chi connectivity index (χ0) is 15.4. The van der Waals surface area contributed by atoms with Crippen molar-refractivity contribution in [3.8, 4) is 5.75 Å². The maximum atomic E-state index is 11.9. The van der Waals surface area contributed by atoms with Crippen molar-refractivity contribution in [1.29, 1.82) is 0 Å².